The number of nitrogens with zero attached hydrogens (tertiary/aromatic N) is 3. The molecule has 1 saturated heterocycles. The van der Waals surface area contributed by atoms with Crippen molar-refractivity contribution in [3.8, 4) is 5.69 Å². The molecule has 3 rings (SSSR count). The quantitative estimate of drug-likeness (QED) is 0.865. The van der Waals surface area contributed by atoms with Crippen LogP contribution in [0.2, 0.25) is 0 Å². The number of rotatable bonds is 6. The van der Waals surface area contributed by atoms with Crippen LogP contribution in [0.3, 0.4) is 0 Å². The summed E-state index contributed by atoms with van der Waals surface area (Å²) in [6, 6.07) is 7.94. The van der Waals surface area contributed by atoms with Crippen molar-refractivity contribution in [3.63, 3.8) is 0 Å². The molecule has 138 valence electrons. The van der Waals surface area contributed by atoms with Gasteiger partial charge in [-0.15, -0.1) is 0 Å². The first-order valence-corrected chi connectivity index (χ1v) is 9.09. The van der Waals surface area contributed by atoms with Gasteiger partial charge < -0.3 is 14.8 Å². The van der Waals surface area contributed by atoms with E-state index in [1.807, 2.05) is 42.0 Å². The molecule has 1 N–H and O–H groups in total. The van der Waals surface area contributed by atoms with Crippen molar-refractivity contribution in [2.24, 2.45) is 11.8 Å². The van der Waals surface area contributed by atoms with Gasteiger partial charge in [0.1, 0.15) is 5.82 Å². The lowest BCUT2D eigenvalue weighted by molar-refractivity contribution is -0.129. The van der Waals surface area contributed by atoms with E-state index >= 15 is 0 Å². The molecule has 1 aliphatic heterocycles. The first-order valence-electron chi connectivity index (χ1n) is 9.09. The summed E-state index contributed by atoms with van der Waals surface area (Å²) >= 11 is 0. The highest BCUT2D eigenvalue weighted by Crippen LogP contribution is 2.20. The van der Waals surface area contributed by atoms with Gasteiger partial charge in [-0.25, -0.2) is 4.98 Å². The third kappa shape index (κ3) is 3.95. The normalized spacial score (nSPS) is 17.2. The monoisotopic (exact) mass is 354 g/mol. The Morgan fingerprint density at radius 3 is 2.81 bits per heavy atom. The number of benzene rings is 1. The Balaban J connectivity index is 1.64. The molecule has 1 aromatic carbocycles. The summed E-state index contributed by atoms with van der Waals surface area (Å²) in [5.41, 5.74) is 2.03. The molecule has 0 radical (unpaired) electrons. The fourth-order valence-corrected chi connectivity index (χ4v) is 3.42. The molecule has 2 heterocycles. The molecule has 1 aliphatic rings. The molecule has 6 heteroatoms. The number of para-hydroxylation sites is 1. The first-order chi connectivity index (χ1) is 12.5. The van der Waals surface area contributed by atoms with Crippen LogP contribution in [0.4, 0.5) is 0 Å². The van der Waals surface area contributed by atoms with Crippen molar-refractivity contribution in [2.45, 2.75) is 33.7 Å². The number of amides is 2. The minimum absolute atomic E-state index is 0.0539. The van der Waals surface area contributed by atoms with Crippen LogP contribution >= 0.6 is 0 Å². The molecular formula is C20H26N4O2. The van der Waals surface area contributed by atoms with Crippen molar-refractivity contribution in [2.75, 3.05) is 13.1 Å². The average Bonchev–Trinajstić information content (AvgIpc) is 3.18. The fourth-order valence-electron chi connectivity index (χ4n) is 3.42. The van der Waals surface area contributed by atoms with Gasteiger partial charge in [0.25, 0.3) is 0 Å². The predicted octanol–water partition coefficient (Wildman–Crippen LogP) is 2.30. The second-order valence-corrected chi connectivity index (χ2v) is 7.28. The Bertz CT molecular complexity index is 797. The number of carbonyl (C=O) groups excluding carboxylic acids is 2. The minimum Gasteiger partial charge on any atom is -0.352 e. The van der Waals surface area contributed by atoms with Gasteiger partial charge in [-0.3, -0.25) is 9.59 Å². The lowest BCUT2D eigenvalue weighted by atomic mass is 10.1. The maximum Gasteiger partial charge on any atom is 0.225 e. The minimum atomic E-state index is -0.261. The lowest BCUT2D eigenvalue weighted by Crippen LogP contribution is -2.34. The Kier molecular flexibility index (Phi) is 5.40. The first kappa shape index (κ1) is 18.2. The van der Waals surface area contributed by atoms with Crippen LogP contribution in [0.25, 0.3) is 5.69 Å². The van der Waals surface area contributed by atoms with Crippen LogP contribution in [0.15, 0.2) is 36.7 Å². The molecule has 0 unspecified atom stereocenters. The highest BCUT2D eigenvalue weighted by atomic mass is 16.2. The van der Waals surface area contributed by atoms with Gasteiger partial charge in [-0.1, -0.05) is 32.0 Å². The van der Waals surface area contributed by atoms with Gasteiger partial charge in [0, 0.05) is 38.4 Å². The smallest absolute Gasteiger partial charge is 0.225 e. The van der Waals surface area contributed by atoms with Crippen LogP contribution < -0.4 is 5.32 Å². The summed E-state index contributed by atoms with van der Waals surface area (Å²) in [7, 11) is 0. The Hall–Kier alpha value is -2.63. The van der Waals surface area contributed by atoms with Gasteiger partial charge in [0.05, 0.1) is 11.6 Å². The Morgan fingerprint density at radius 2 is 2.12 bits per heavy atom. The number of likely N-dealkylation sites (tertiary alicyclic amines) is 1. The van der Waals surface area contributed by atoms with Crippen molar-refractivity contribution < 1.29 is 9.59 Å². The highest BCUT2D eigenvalue weighted by Gasteiger charge is 2.34. The summed E-state index contributed by atoms with van der Waals surface area (Å²) in [5, 5.41) is 3.01. The zero-order valence-electron chi connectivity index (χ0n) is 15.6. The standard InChI is InChI=1S/C20H26N4O2/c1-14(2)12-23-13-17(10-19(23)25)20(26)22-11-16-6-4-5-7-18(16)24-9-8-21-15(24)3/h4-9,14,17H,10-13H2,1-3H3,(H,22,26)/t17-/m0/s1. The topological polar surface area (TPSA) is 67.2 Å². The molecule has 6 nitrogen and oxygen atoms in total. The number of aromatic nitrogens is 2. The van der Waals surface area contributed by atoms with Crippen LogP contribution in [0.1, 0.15) is 31.7 Å². The number of aryl methyl sites for hydroxylation is 1. The van der Waals surface area contributed by atoms with E-state index in [0.717, 1.165) is 17.1 Å². The van der Waals surface area contributed by atoms with E-state index < -0.39 is 0 Å². The van der Waals surface area contributed by atoms with Crippen molar-refractivity contribution in [1.82, 2.24) is 19.8 Å². The summed E-state index contributed by atoms with van der Waals surface area (Å²) in [5.74, 6) is 1.07. The van der Waals surface area contributed by atoms with E-state index in [4.69, 9.17) is 0 Å². The van der Waals surface area contributed by atoms with Gasteiger partial charge in [0.2, 0.25) is 11.8 Å². The van der Waals surface area contributed by atoms with E-state index in [1.54, 1.807) is 11.1 Å². The molecule has 0 spiro atoms. The molecule has 26 heavy (non-hydrogen) atoms. The van der Waals surface area contributed by atoms with Crippen molar-refractivity contribution in [1.29, 1.82) is 0 Å². The third-order valence-corrected chi connectivity index (χ3v) is 4.70. The molecule has 2 aromatic rings. The maximum absolute atomic E-state index is 12.6. The Labute approximate surface area is 154 Å². The predicted molar refractivity (Wildman–Crippen MR) is 99.7 cm³/mol. The molecule has 1 fully saturated rings. The van der Waals surface area contributed by atoms with E-state index in [2.05, 4.69) is 24.1 Å². The van der Waals surface area contributed by atoms with Crippen LogP contribution in [-0.4, -0.2) is 39.4 Å². The second-order valence-electron chi connectivity index (χ2n) is 7.28. The highest BCUT2D eigenvalue weighted by molar-refractivity contribution is 5.89. The van der Waals surface area contributed by atoms with E-state index in [1.165, 1.54) is 0 Å². The van der Waals surface area contributed by atoms with Crippen LogP contribution in [0, 0.1) is 18.8 Å². The van der Waals surface area contributed by atoms with Gasteiger partial charge in [-0.2, -0.15) is 0 Å². The zero-order valence-corrected chi connectivity index (χ0v) is 15.6. The van der Waals surface area contributed by atoms with Crippen LogP contribution in [-0.2, 0) is 16.1 Å². The molecule has 0 saturated carbocycles. The largest absolute Gasteiger partial charge is 0.352 e. The van der Waals surface area contributed by atoms with Gasteiger partial charge in [0.15, 0.2) is 0 Å². The number of hydrogen-bond donors (Lipinski definition) is 1. The zero-order chi connectivity index (χ0) is 18.7. The number of carbonyl (C=O) groups is 2. The summed E-state index contributed by atoms with van der Waals surface area (Å²) < 4.78 is 2.00. The Morgan fingerprint density at radius 1 is 1.35 bits per heavy atom. The third-order valence-electron chi connectivity index (χ3n) is 4.70. The number of imidazole rings is 1. The second kappa shape index (κ2) is 7.72. The van der Waals surface area contributed by atoms with E-state index in [0.29, 0.717) is 32.0 Å². The summed E-state index contributed by atoms with van der Waals surface area (Å²) in [6.07, 6.45) is 3.98. The fraction of sp³-hybridized carbons (Fsp3) is 0.450. The van der Waals surface area contributed by atoms with Crippen LogP contribution in [0.5, 0.6) is 0 Å². The summed E-state index contributed by atoms with van der Waals surface area (Å²) in [4.78, 5) is 30.7. The molecule has 0 bridgehead atoms. The maximum atomic E-state index is 12.6. The molecule has 2 amide bonds. The molecule has 1 atom stereocenters. The average molecular weight is 354 g/mol. The van der Waals surface area contributed by atoms with Crippen molar-refractivity contribution >= 4 is 11.8 Å². The van der Waals surface area contributed by atoms with E-state index in [-0.39, 0.29) is 17.7 Å². The van der Waals surface area contributed by atoms with Gasteiger partial charge in [-0.05, 0) is 24.5 Å². The number of hydrogen-bond acceptors (Lipinski definition) is 3. The van der Waals surface area contributed by atoms with E-state index in [9.17, 15) is 9.59 Å². The summed E-state index contributed by atoms with van der Waals surface area (Å²) in [6.45, 7) is 7.77. The molecule has 0 aliphatic carbocycles. The van der Waals surface area contributed by atoms with Crippen molar-refractivity contribution in [3.05, 3.63) is 48.0 Å². The number of nitrogens with one attached hydrogen (secondary N) is 1. The molecular weight excluding hydrogens is 328 g/mol. The SMILES string of the molecule is Cc1nccn1-c1ccccc1CNC(=O)[C@H]1CC(=O)N(CC(C)C)C1. The molecule has 1 aromatic heterocycles. The van der Waals surface area contributed by atoms with Gasteiger partial charge >= 0.3 is 0 Å². The lowest BCUT2D eigenvalue weighted by Gasteiger charge is -2.19.